The smallest absolute Gasteiger partial charge is 0.312 e. The van der Waals surface area contributed by atoms with Crippen molar-refractivity contribution in [3.63, 3.8) is 0 Å². The molecule has 0 heterocycles. The second-order valence-corrected chi connectivity index (χ2v) is 10.7. The maximum absolute atomic E-state index is 13.0. The fourth-order valence-electron chi connectivity index (χ4n) is 3.03. The summed E-state index contributed by atoms with van der Waals surface area (Å²) in [5.74, 6) is 0. The Morgan fingerprint density at radius 2 is 1.57 bits per heavy atom. The molecule has 0 bridgehead atoms. The Labute approximate surface area is 141 Å². The molecule has 1 aromatic carbocycles. The third-order valence-electron chi connectivity index (χ3n) is 4.26. The fraction of sp³-hybridized carbons (Fsp3) is 0.571. The van der Waals surface area contributed by atoms with Crippen molar-refractivity contribution in [1.82, 2.24) is 0 Å². The summed E-state index contributed by atoms with van der Waals surface area (Å²) in [4.78, 5) is 0. The third-order valence-corrected chi connectivity index (χ3v) is 9.08. The lowest BCUT2D eigenvalue weighted by molar-refractivity contribution is 0.249. The minimum absolute atomic E-state index is 0.297. The molecule has 0 aliphatic heterocycles. The molecule has 1 aliphatic rings. The van der Waals surface area contributed by atoms with Crippen LogP contribution in [-0.4, -0.2) is 34.1 Å². The fourth-order valence-corrected chi connectivity index (χ4v) is 6.76. The summed E-state index contributed by atoms with van der Waals surface area (Å²) >= 11 is 6.08. The van der Waals surface area contributed by atoms with Gasteiger partial charge in [0.2, 0.25) is 0 Å². The average Bonchev–Trinajstić information content (AvgIpc) is 2.59. The van der Waals surface area contributed by atoms with Crippen LogP contribution in [0.25, 0.3) is 0 Å². The molecule has 0 saturated heterocycles. The molecule has 0 saturated carbocycles. The lowest BCUT2D eigenvalue weighted by Gasteiger charge is -2.36. The summed E-state index contributed by atoms with van der Waals surface area (Å²) in [6.45, 7) is 0. The molecule has 9 heteroatoms. The lowest BCUT2D eigenvalue weighted by Crippen LogP contribution is -2.25. The van der Waals surface area contributed by atoms with Crippen molar-refractivity contribution >= 4 is 26.8 Å². The molecule has 0 spiro atoms. The van der Waals surface area contributed by atoms with E-state index in [4.69, 9.17) is 29.7 Å². The summed E-state index contributed by atoms with van der Waals surface area (Å²) in [6.07, 6.45) is 0.778. The first kappa shape index (κ1) is 19.1. The van der Waals surface area contributed by atoms with E-state index < -0.39 is 26.5 Å². The SMILES string of the molecule is COP(=O)(OC)C1Cc2ccc(Cl)cc2C(P(=O)(OC)OC)C1. The summed E-state index contributed by atoms with van der Waals surface area (Å²) < 4.78 is 46.4. The van der Waals surface area contributed by atoms with E-state index in [2.05, 4.69) is 0 Å². The van der Waals surface area contributed by atoms with Crippen LogP contribution in [0.15, 0.2) is 18.2 Å². The van der Waals surface area contributed by atoms with Gasteiger partial charge in [0.05, 0.1) is 11.3 Å². The Bertz CT molecular complexity index is 649. The van der Waals surface area contributed by atoms with E-state index in [1.807, 2.05) is 6.07 Å². The molecular formula is C14H21ClO6P2. The Hall–Kier alpha value is -0.190. The molecular weight excluding hydrogens is 362 g/mol. The molecule has 0 radical (unpaired) electrons. The zero-order chi connectivity index (χ0) is 17.3. The molecule has 0 aromatic heterocycles. The average molecular weight is 383 g/mol. The van der Waals surface area contributed by atoms with E-state index in [0.29, 0.717) is 17.9 Å². The van der Waals surface area contributed by atoms with Crippen molar-refractivity contribution in [2.75, 3.05) is 28.4 Å². The molecule has 1 aliphatic carbocycles. The predicted octanol–water partition coefficient (Wildman–Crippen LogP) is 4.67. The normalized spacial score (nSPS) is 22.0. The first-order valence-corrected chi connectivity index (χ1v) is 10.6. The van der Waals surface area contributed by atoms with Gasteiger partial charge in [-0.1, -0.05) is 17.7 Å². The zero-order valence-electron chi connectivity index (χ0n) is 13.5. The van der Waals surface area contributed by atoms with Crippen molar-refractivity contribution in [3.8, 4) is 0 Å². The molecule has 6 nitrogen and oxygen atoms in total. The maximum atomic E-state index is 13.0. The summed E-state index contributed by atoms with van der Waals surface area (Å²) in [5.41, 5.74) is 0.664. The number of hydrogen-bond acceptors (Lipinski definition) is 6. The van der Waals surface area contributed by atoms with E-state index in [-0.39, 0.29) is 0 Å². The van der Waals surface area contributed by atoms with Gasteiger partial charge in [-0.2, -0.15) is 0 Å². The van der Waals surface area contributed by atoms with Gasteiger partial charge >= 0.3 is 15.2 Å². The van der Waals surface area contributed by atoms with Crippen LogP contribution in [-0.2, 0) is 33.6 Å². The lowest BCUT2D eigenvalue weighted by atomic mass is 9.91. The van der Waals surface area contributed by atoms with Crippen molar-refractivity contribution in [1.29, 1.82) is 0 Å². The first-order valence-electron chi connectivity index (χ1n) is 7.04. The third kappa shape index (κ3) is 3.59. The van der Waals surface area contributed by atoms with Crippen LogP contribution in [0.5, 0.6) is 0 Å². The number of halogens is 1. The van der Waals surface area contributed by atoms with Crippen LogP contribution in [0.1, 0.15) is 23.2 Å². The Morgan fingerprint density at radius 3 is 2.09 bits per heavy atom. The number of hydrogen-bond donors (Lipinski definition) is 0. The van der Waals surface area contributed by atoms with E-state index in [1.165, 1.54) is 28.4 Å². The van der Waals surface area contributed by atoms with Crippen molar-refractivity contribution in [2.45, 2.75) is 24.2 Å². The zero-order valence-corrected chi connectivity index (χ0v) is 16.1. The van der Waals surface area contributed by atoms with Crippen LogP contribution in [0.3, 0.4) is 0 Å². The Kier molecular flexibility index (Phi) is 6.13. The number of rotatable bonds is 6. The molecule has 0 N–H and O–H groups in total. The highest BCUT2D eigenvalue weighted by Crippen LogP contribution is 2.67. The van der Waals surface area contributed by atoms with Crippen LogP contribution in [0.2, 0.25) is 5.02 Å². The standard InChI is InChI=1S/C14H21ClO6P2/c1-18-22(16,19-2)12-7-10-5-6-11(15)8-13(10)14(9-12)23(17,20-3)21-4/h5-6,8,12,14H,7,9H2,1-4H3. The summed E-state index contributed by atoms with van der Waals surface area (Å²) in [7, 11) is -1.37. The minimum Gasteiger partial charge on any atom is -0.312 e. The second kappa shape index (κ2) is 7.37. The number of benzene rings is 1. The van der Waals surface area contributed by atoms with Crippen molar-refractivity contribution < 1.29 is 27.2 Å². The maximum Gasteiger partial charge on any atom is 0.337 e. The highest BCUT2D eigenvalue weighted by molar-refractivity contribution is 7.55. The molecule has 2 atom stereocenters. The van der Waals surface area contributed by atoms with Crippen LogP contribution >= 0.6 is 26.8 Å². The van der Waals surface area contributed by atoms with Gasteiger partial charge in [0, 0.05) is 33.5 Å². The molecule has 130 valence electrons. The molecule has 2 rings (SSSR count). The minimum atomic E-state index is -3.43. The number of fused-ring (bicyclic) bond motifs is 1. The van der Waals surface area contributed by atoms with Crippen molar-refractivity contribution in [3.05, 3.63) is 34.3 Å². The monoisotopic (exact) mass is 382 g/mol. The van der Waals surface area contributed by atoms with Gasteiger partial charge in [0.1, 0.15) is 0 Å². The molecule has 23 heavy (non-hydrogen) atoms. The second-order valence-electron chi connectivity index (χ2n) is 5.26. The van der Waals surface area contributed by atoms with Gasteiger partial charge in [0.25, 0.3) is 0 Å². The van der Waals surface area contributed by atoms with E-state index in [1.54, 1.807) is 12.1 Å². The van der Waals surface area contributed by atoms with E-state index in [9.17, 15) is 9.13 Å². The molecule has 1 aromatic rings. The van der Waals surface area contributed by atoms with Gasteiger partial charge in [-0.15, -0.1) is 0 Å². The van der Waals surface area contributed by atoms with E-state index in [0.717, 1.165) is 11.1 Å². The van der Waals surface area contributed by atoms with Crippen molar-refractivity contribution in [2.24, 2.45) is 0 Å². The van der Waals surface area contributed by atoms with Gasteiger partial charge in [0.15, 0.2) is 0 Å². The summed E-state index contributed by atoms with van der Waals surface area (Å²) in [5, 5.41) is 0.535. The highest BCUT2D eigenvalue weighted by atomic mass is 35.5. The molecule has 0 amide bonds. The topological polar surface area (TPSA) is 71.1 Å². The van der Waals surface area contributed by atoms with Gasteiger partial charge < -0.3 is 18.1 Å². The largest absolute Gasteiger partial charge is 0.337 e. The molecule has 0 fully saturated rings. The summed E-state index contributed by atoms with van der Waals surface area (Å²) in [6, 6.07) is 5.34. The van der Waals surface area contributed by atoms with Gasteiger partial charge in [-0.3, -0.25) is 9.13 Å². The predicted molar refractivity (Wildman–Crippen MR) is 89.6 cm³/mol. The Balaban J connectivity index is 2.55. The quantitative estimate of drug-likeness (QED) is 0.666. The first-order chi connectivity index (χ1) is 10.8. The molecule has 2 unspecified atom stereocenters. The van der Waals surface area contributed by atoms with Gasteiger partial charge in [-0.05, 0) is 36.1 Å². The highest BCUT2D eigenvalue weighted by Gasteiger charge is 2.47. The van der Waals surface area contributed by atoms with Crippen LogP contribution in [0, 0.1) is 0 Å². The van der Waals surface area contributed by atoms with Crippen LogP contribution in [0.4, 0.5) is 0 Å². The van der Waals surface area contributed by atoms with Crippen LogP contribution < -0.4 is 0 Å². The van der Waals surface area contributed by atoms with Gasteiger partial charge in [-0.25, -0.2) is 0 Å². The van der Waals surface area contributed by atoms with E-state index >= 15 is 0 Å². The Morgan fingerprint density at radius 1 is 1.00 bits per heavy atom.